The second-order valence-corrected chi connectivity index (χ2v) is 15.4. The fourth-order valence-electron chi connectivity index (χ4n) is 3.74. The molecule has 3 rings (SSSR count). The first-order valence-electron chi connectivity index (χ1n) is 11.2. The second kappa shape index (κ2) is 10.4. The van der Waals surface area contributed by atoms with Gasteiger partial charge in [-0.2, -0.15) is 18.2 Å². The van der Waals surface area contributed by atoms with Crippen LogP contribution in [-0.2, 0) is 17.6 Å². The fraction of sp³-hybridized carbons (Fsp3) is 0.636. The van der Waals surface area contributed by atoms with Crippen molar-refractivity contribution in [3.8, 4) is 17.1 Å². The number of rotatable bonds is 9. The van der Waals surface area contributed by atoms with Gasteiger partial charge in [-0.15, -0.1) is 5.10 Å². The van der Waals surface area contributed by atoms with Crippen molar-refractivity contribution in [1.82, 2.24) is 19.7 Å². The molecule has 1 N–H and O–H groups in total. The molecule has 184 valence electrons. The van der Waals surface area contributed by atoms with E-state index < -0.39 is 19.8 Å². The monoisotopic (exact) mass is 485 g/mol. The van der Waals surface area contributed by atoms with Gasteiger partial charge in [-0.3, -0.25) is 0 Å². The summed E-state index contributed by atoms with van der Waals surface area (Å²) in [6.07, 6.45) is -2.38. The summed E-state index contributed by atoms with van der Waals surface area (Å²) in [6, 6.07) is 4.60. The Hall–Kier alpha value is -2.11. The summed E-state index contributed by atoms with van der Waals surface area (Å²) in [7, 11) is 2.17. The Morgan fingerprint density at radius 1 is 1.24 bits per heavy atom. The van der Waals surface area contributed by atoms with Crippen LogP contribution in [0.15, 0.2) is 18.2 Å². The molecule has 0 radical (unpaired) electrons. The minimum atomic E-state index is -4.46. The molecule has 1 aromatic carbocycles. The number of alkyl halides is 3. The van der Waals surface area contributed by atoms with Crippen molar-refractivity contribution in [3.05, 3.63) is 23.8 Å². The van der Waals surface area contributed by atoms with Gasteiger partial charge in [0, 0.05) is 27.3 Å². The van der Waals surface area contributed by atoms with Crippen molar-refractivity contribution in [2.45, 2.75) is 57.5 Å². The highest BCUT2D eigenvalue weighted by Crippen LogP contribution is 2.37. The van der Waals surface area contributed by atoms with Gasteiger partial charge in [-0.1, -0.05) is 19.6 Å². The molecule has 1 aromatic heterocycles. The van der Waals surface area contributed by atoms with E-state index in [0.717, 1.165) is 44.1 Å². The van der Waals surface area contributed by atoms with E-state index >= 15 is 0 Å². The molecule has 1 saturated heterocycles. The van der Waals surface area contributed by atoms with Crippen molar-refractivity contribution < 1.29 is 22.6 Å². The van der Waals surface area contributed by atoms with Gasteiger partial charge in [0.05, 0.1) is 18.2 Å². The Morgan fingerprint density at radius 2 is 2.00 bits per heavy atom. The van der Waals surface area contributed by atoms with Crippen LogP contribution in [0.5, 0.6) is 5.75 Å². The molecule has 7 nitrogen and oxygen atoms in total. The SMILES string of the molecule is COc1cc(C(F)(F)F)ccc1-c1nc(NC2CCCN(C)C2)nn1COCC[Si](C)(C)C. The number of hydrogen-bond acceptors (Lipinski definition) is 6. The van der Waals surface area contributed by atoms with E-state index in [2.05, 4.69) is 47.0 Å². The number of nitrogens with zero attached hydrogens (tertiary/aromatic N) is 4. The summed E-state index contributed by atoms with van der Waals surface area (Å²) in [5.74, 6) is 0.922. The van der Waals surface area contributed by atoms with Gasteiger partial charge in [0.1, 0.15) is 12.5 Å². The highest BCUT2D eigenvalue weighted by Gasteiger charge is 2.32. The van der Waals surface area contributed by atoms with Crippen LogP contribution in [0.1, 0.15) is 18.4 Å². The summed E-state index contributed by atoms with van der Waals surface area (Å²) in [6.45, 7) is 9.49. The summed E-state index contributed by atoms with van der Waals surface area (Å²) in [5.41, 5.74) is -0.343. The van der Waals surface area contributed by atoms with E-state index in [1.807, 2.05) is 0 Å². The number of benzene rings is 1. The van der Waals surface area contributed by atoms with Crippen LogP contribution >= 0.6 is 0 Å². The third-order valence-electron chi connectivity index (χ3n) is 5.61. The summed E-state index contributed by atoms with van der Waals surface area (Å²) in [5, 5.41) is 7.95. The standard InChI is InChI=1S/C22H34F3N5O2Si/c1-29-10-6-7-17(14-29)26-21-27-20(30(28-21)15-32-11-12-33(3,4)5)18-9-8-16(22(23,24)25)13-19(18)31-2/h8-9,13,17H,6-7,10-12,14-15H2,1-5H3,(H,26,28). The number of piperidine rings is 1. The van der Waals surface area contributed by atoms with E-state index in [-0.39, 0.29) is 18.5 Å². The molecule has 0 amide bonds. The van der Waals surface area contributed by atoms with Gasteiger partial charge in [0.2, 0.25) is 5.95 Å². The smallest absolute Gasteiger partial charge is 0.416 e. The van der Waals surface area contributed by atoms with Crippen LogP contribution in [0.3, 0.4) is 0 Å². The molecule has 1 fully saturated rings. The fourth-order valence-corrected chi connectivity index (χ4v) is 4.50. The Kier molecular flexibility index (Phi) is 8.07. The minimum Gasteiger partial charge on any atom is -0.496 e. The van der Waals surface area contributed by atoms with Crippen molar-refractivity contribution in [1.29, 1.82) is 0 Å². The van der Waals surface area contributed by atoms with E-state index in [1.54, 1.807) is 4.68 Å². The molecule has 1 atom stereocenters. The van der Waals surface area contributed by atoms with Gasteiger partial charge < -0.3 is 19.7 Å². The number of hydrogen-bond donors (Lipinski definition) is 1. The van der Waals surface area contributed by atoms with Crippen LogP contribution in [0.4, 0.5) is 19.1 Å². The topological polar surface area (TPSA) is 64.4 Å². The predicted molar refractivity (Wildman–Crippen MR) is 125 cm³/mol. The molecule has 0 bridgehead atoms. The number of aromatic nitrogens is 3. The normalized spacial score (nSPS) is 17.9. The quantitative estimate of drug-likeness (QED) is 0.407. The van der Waals surface area contributed by atoms with E-state index in [9.17, 15) is 13.2 Å². The Labute approximate surface area is 194 Å². The first-order valence-corrected chi connectivity index (χ1v) is 14.9. The average Bonchev–Trinajstić information content (AvgIpc) is 3.11. The van der Waals surface area contributed by atoms with Gasteiger partial charge >= 0.3 is 6.18 Å². The molecular weight excluding hydrogens is 451 g/mol. The third kappa shape index (κ3) is 7.18. The largest absolute Gasteiger partial charge is 0.496 e. The molecule has 1 unspecified atom stereocenters. The van der Waals surface area contributed by atoms with Crippen LogP contribution < -0.4 is 10.1 Å². The summed E-state index contributed by atoms with van der Waals surface area (Å²) >= 11 is 0. The molecule has 0 spiro atoms. The van der Waals surface area contributed by atoms with Crippen molar-refractivity contribution in [2.24, 2.45) is 0 Å². The minimum absolute atomic E-state index is 0.0875. The maximum atomic E-state index is 13.2. The third-order valence-corrected chi connectivity index (χ3v) is 7.31. The number of anilines is 1. The first kappa shape index (κ1) is 25.5. The highest BCUT2D eigenvalue weighted by atomic mass is 28.3. The van der Waals surface area contributed by atoms with Crippen LogP contribution in [0.25, 0.3) is 11.4 Å². The zero-order valence-corrected chi connectivity index (χ0v) is 21.0. The maximum Gasteiger partial charge on any atom is 0.416 e. The number of halogens is 3. The molecular formula is C22H34F3N5O2Si. The number of likely N-dealkylation sites (N-methyl/N-ethyl adjacent to an activating group) is 1. The Morgan fingerprint density at radius 3 is 2.64 bits per heavy atom. The zero-order valence-electron chi connectivity index (χ0n) is 20.0. The van der Waals surface area contributed by atoms with Crippen molar-refractivity contribution in [2.75, 3.05) is 39.2 Å². The summed E-state index contributed by atoms with van der Waals surface area (Å²) in [4.78, 5) is 6.86. The molecule has 1 aliphatic rings. The van der Waals surface area contributed by atoms with Gasteiger partial charge in [-0.05, 0) is 50.7 Å². The number of methoxy groups -OCH3 is 1. The van der Waals surface area contributed by atoms with E-state index in [4.69, 9.17) is 9.47 Å². The molecule has 33 heavy (non-hydrogen) atoms. The van der Waals surface area contributed by atoms with Gasteiger partial charge in [-0.25, -0.2) is 4.68 Å². The maximum absolute atomic E-state index is 13.2. The van der Waals surface area contributed by atoms with Crippen LogP contribution in [-0.4, -0.2) is 67.6 Å². The van der Waals surface area contributed by atoms with Crippen molar-refractivity contribution >= 4 is 14.0 Å². The molecule has 0 saturated carbocycles. The van der Waals surface area contributed by atoms with Crippen LogP contribution in [0, 0.1) is 0 Å². The van der Waals surface area contributed by atoms with Crippen LogP contribution in [0.2, 0.25) is 25.7 Å². The highest BCUT2D eigenvalue weighted by molar-refractivity contribution is 6.76. The van der Waals surface area contributed by atoms with E-state index in [0.29, 0.717) is 23.9 Å². The van der Waals surface area contributed by atoms with E-state index in [1.165, 1.54) is 13.2 Å². The lowest BCUT2D eigenvalue weighted by Crippen LogP contribution is -2.40. The van der Waals surface area contributed by atoms with Gasteiger partial charge in [0.15, 0.2) is 5.82 Å². The Balaban J connectivity index is 1.88. The number of likely N-dealkylation sites (tertiary alicyclic amines) is 1. The molecule has 0 aliphatic carbocycles. The lowest BCUT2D eigenvalue weighted by atomic mass is 10.1. The molecule has 11 heteroatoms. The van der Waals surface area contributed by atoms with Gasteiger partial charge in [0.25, 0.3) is 0 Å². The number of ether oxygens (including phenoxy) is 2. The first-order chi connectivity index (χ1) is 15.5. The zero-order chi connectivity index (χ0) is 24.2. The molecule has 2 heterocycles. The molecule has 2 aromatic rings. The van der Waals surface area contributed by atoms with Crippen molar-refractivity contribution in [3.63, 3.8) is 0 Å². The summed E-state index contributed by atoms with van der Waals surface area (Å²) < 4.78 is 52.3. The molecule has 1 aliphatic heterocycles. The average molecular weight is 486 g/mol. The lowest BCUT2D eigenvalue weighted by molar-refractivity contribution is -0.137. The predicted octanol–water partition coefficient (Wildman–Crippen LogP) is 4.79. The lowest BCUT2D eigenvalue weighted by Gasteiger charge is -2.29. The Bertz CT molecular complexity index is 930. The number of nitrogens with one attached hydrogen (secondary N) is 1. The second-order valence-electron chi connectivity index (χ2n) is 9.77.